The van der Waals surface area contributed by atoms with Crippen molar-refractivity contribution in [2.75, 3.05) is 6.54 Å². The number of hydrogen-bond donors (Lipinski definition) is 2. The lowest BCUT2D eigenvalue weighted by molar-refractivity contribution is -0.127. The fraction of sp³-hybridized carbons (Fsp3) is 1.00. The van der Waals surface area contributed by atoms with Crippen molar-refractivity contribution in [3.63, 3.8) is 0 Å². The second kappa shape index (κ2) is 4.55. The summed E-state index contributed by atoms with van der Waals surface area (Å²) in [5.74, 6) is 0. The van der Waals surface area contributed by atoms with Crippen LogP contribution in [0.2, 0.25) is 0 Å². The summed E-state index contributed by atoms with van der Waals surface area (Å²) in [6.07, 6.45) is 11.0. The van der Waals surface area contributed by atoms with Crippen LogP contribution in [0.4, 0.5) is 0 Å². The van der Waals surface area contributed by atoms with E-state index in [1.807, 2.05) is 0 Å². The first kappa shape index (κ1) is 13.4. The van der Waals surface area contributed by atoms with Gasteiger partial charge in [0.05, 0.1) is 5.60 Å². The summed E-state index contributed by atoms with van der Waals surface area (Å²) in [6, 6.07) is 0. The maximum absolute atomic E-state index is 11.1. The molecule has 0 saturated heterocycles. The second-order valence-electron chi connectivity index (χ2n) is 6.89. The molecule has 0 heterocycles. The van der Waals surface area contributed by atoms with E-state index < -0.39 is 5.60 Å². The van der Waals surface area contributed by atoms with Crippen LogP contribution in [0.5, 0.6) is 0 Å². The number of rotatable bonds is 3. The van der Waals surface area contributed by atoms with Crippen molar-refractivity contribution < 1.29 is 5.11 Å². The summed E-state index contributed by atoms with van der Waals surface area (Å²) >= 11 is 0. The van der Waals surface area contributed by atoms with Gasteiger partial charge >= 0.3 is 0 Å². The highest BCUT2D eigenvalue weighted by atomic mass is 16.3. The Hall–Kier alpha value is -0.0800. The largest absolute Gasteiger partial charge is 0.389 e. The highest BCUT2D eigenvalue weighted by Gasteiger charge is 2.61. The zero-order chi connectivity index (χ0) is 12.6. The predicted molar refractivity (Wildman–Crippen MR) is 71.8 cm³/mol. The average Bonchev–Trinajstić information content (AvgIpc) is 2.98. The molecule has 0 spiro atoms. The summed E-state index contributed by atoms with van der Waals surface area (Å²) in [4.78, 5) is 0. The first-order valence-corrected chi connectivity index (χ1v) is 7.40. The van der Waals surface area contributed by atoms with Gasteiger partial charge in [0.2, 0.25) is 0 Å². The molecule has 0 radical (unpaired) electrons. The molecule has 1 atom stereocenters. The maximum atomic E-state index is 11.1. The Kier molecular flexibility index (Phi) is 3.57. The van der Waals surface area contributed by atoms with Crippen LogP contribution in [0.1, 0.15) is 71.6 Å². The number of hydrogen-bond acceptors (Lipinski definition) is 2. The van der Waals surface area contributed by atoms with Gasteiger partial charge in [0, 0.05) is 12.0 Å². The highest BCUT2D eigenvalue weighted by Crippen LogP contribution is 2.61. The van der Waals surface area contributed by atoms with Crippen LogP contribution < -0.4 is 5.73 Å². The molecule has 0 aromatic carbocycles. The van der Waals surface area contributed by atoms with E-state index in [1.54, 1.807) is 0 Å². The maximum Gasteiger partial charge on any atom is 0.0740 e. The molecule has 1 unspecified atom stereocenters. The van der Waals surface area contributed by atoms with Gasteiger partial charge in [-0.15, -0.1) is 0 Å². The molecule has 2 nitrogen and oxygen atoms in total. The lowest BCUT2D eigenvalue weighted by atomic mass is 9.60. The van der Waals surface area contributed by atoms with Crippen LogP contribution in [-0.2, 0) is 0 Å². The Morgan fingerprint density at radius 3 is 1.88 bits per heavy atom. The Morgan fingerprint density at radius 1 is 1.00 bits per heavy atom. The Labute approximate surface area is 106 Å². The van der Waals surface area contributed by atoms with E-state index in [4.69, 9.17) is 5.73 Å². The molecule has 0 bridgehead atoms. The Balaban J connectivity index is 2.21. The monoisotopic (exact) mass is 239 g/mol. The van der Waals surface area contributed by atoms with E-state index in [0.717, 1.165) is 12.8 Å². The molecule has 100 valence electrons. The zero-order valence-electron chi connectivity index (χ0n) is 11.6. The molecule has 2 heteroatoms. The smallest absolute Gasteiger partial charge is 0.0740 e. The van der Waals surface area contributed by atoms with E-state index in [1.165, 1.54) is 44.9 Å². The average molecular weight is 239 g/mol. The molecular weight excluding hydrogens is 210 g/mol. The van der Waals surface area contributed by atoms with Crippen molar-refractivity contribution >= 4 is 0 Å². The van der Waals surface area contributed by atoms with Crippen LogP contribution in [0.3, 0.4) is 0 Å². The topological polar surface area (TPSA) is 46.2 Å². The summed E-state index contributed by atoms with van der Waals surface area (Å²) in [6.45, 7) is 4.95. The van der Waals surface area contributed by atoms with Crippen LogP contribution in [-0.4, -0.2) is 17.3 Å². The molecule has 2 saturated carbocycles. The molecule has 3 N–H and O–H groups in total. The third-order valence-electron chi connectivity index (χ3n) is 5.91. The van der Waals surface area contributed by atoms with Crippen molar-refractivity contribution in [1.82, 2.24) is 0 Å². The minimum atomic E-state index is -0.577. The van der Waals surface area contributed by atoms with Gasteiger partial charge in [-0.25, -0.2) is 0 Å². The van der Waals surface area contributed by atoms with Gasteiger partial charge in [0.25, 0.3) is 0 Å². The predicted octanol–water partition coefficient (Wildman–Crippen LogP) is 3.23. The van der Waals surface area contributed by atoms with E-state index in [9.17, 15) is 5.11 Å². The Morgan fingerprint density at radius 2 is 1.47 bits per heavy atom. The summed E-state index contributed by atoms with van der Waals surface area (Å²) in [5.41, 5.74) is 5.63. The zero-order valence-corrected chi connectivity index (χ0v) is 11.6. The molecule has 0 aliphatic heterocycles. The lowest BCUT2D eigenvalue weighted by Gasteiger charge is -2.50. The SMILES string of the molecule is CC1(C(C)(O)C2(CN)CCCCCCC2)CC1. The van der Waals surface area contributed by atoms with Gasteiger partial charge < -0.3 is 10.8 Å². The first-order valence-electron chi connectivity index (χ1n) is 7.40. The summed E-state index contributed by atoms with van der Waals surface area (Å²) in [7, 11) is 0. The highest BCUT2D eigenvalue weighted by molar-refractivity contribution is 5.12. The second-order valence-corrected chi connectivity index (χ2v) is 6.89. The minimum absolute atomic E-state index is 0.0291. The number of aliphatic hydroxyl groups is 1. The van der Waals surface area contributed by atoms with Gasteiger partial charge in [0.15, 0.2) is 0 Å². The van der Waals surface area contributed by atoms with Crippen molar-refractivity contribution in [2.45, 2.75) is 77.2 Å². The molecule has 17 heavy (non-hydrogen) atoms. The molecule has 2 aliphatic rings. The van der Waals surface area contributed by atoms with E-state index >= 15 is 0 Å². The van der Waals surface area contributed by atoms with Crippen molar-refractivity contribution in [3.8, 4) is 0 Å². The van der Waals surface area contributed by atoms with Crippen LogP contribution >= 0.6 is 0 Å². The van der Waals surface area contributed by atoms with E-state index in [2.05, 4.69) is 13.8 Å². The summed E-state index contributed by atoms with van der Waals surface area (Å²) < 4.78 is 0. The van der Waals surface area contributed by atoms with Gasteiger partial charge in [-0.1, -0.05) is 39.0 Å². The quantitative estimate of drug-likeness (QED) is 0.794. The fourth-order valence-electron chi connectivity index (χ4n) is 3.79. The summed E-state index contributed by atoms with van der Waals surface area (Å²) in [5, 5.41) is 11.1. The number of nitrogens with two attached hydrogens (primary N) is 1. The fourth-order valence-corrected chi connectivity index (χ4v) is 3.79. The third-order valence-corrected chi connectivity index (χ3v) is 5.91. The van der Waals surface area contributed by atoms with Gasteiger partial charge in [-0.3, -0.25) is 0 Å². The van der Waals surface area contributed by atoms with Crippen LogP contribution in [0.15, 0.2) is 0 Å². The molecular formula is C15H29NO. The standard InChI is InChI=1S/C15H29NO/c1-13(10-11-13)14(2,17)15(12-16)8-6-4-3-5-7-9-15/h17H,3-12,16H2,1-2H3. The van der Waals surface area contributed by atoms with E-state index in [-0.39, 0.29) is 10.8 Å². The van der Waals surface area contributed by atoms with Gasteiger partial charge in [0.1, 0.15) is 0 Å². The van der Waals surface area contributed by atoms with Crippen molar-refractivity contribution in [1.29, 1.82) is 0 Å². The van der Waals surface area contributed by atoms with Crippen molar-refractivity contribution in [2.24, 2.45) is 16.6 Å². The lowest BCUT2D eigenvalue weighted by Crippen LogP contribution is -2.55. The van der Waals surface area contributed by atoms with Crippen molar-refractivity contribution in [3.05, 3.63) is 0 Å². The third kappa shape index (κ3) is 2.15. The molecule has 2 rings (SSSR count). The van der Waals surface area contributed by atoms with E-state index in [0.29, 0.717) is 6.54 Å². The molecule has 0 aromatic heterocycles. The van der Waals surface area contributed by atoms with Crippen LogP contribution in [0, 0.1) is 10.8 Å². The molecule has 2 aliphatic carbocycles. The normalized spacial score (nSPS) is 31.1. The Bertz CT molecular complexity index is 260. The molecule has 2 fully saturated rings. The van der Waals surface area contributed by atoms with Gasteiger partial charge in [-0.2, -0.15) is 0 Å². The molecule has 0 aromatic rings. The minimum Gasteiger partial charge on any atom is -0.389 e. The van der Waals surface area contributed by atoms with Crippen LogP contribution in [0.25, 0.3) is 0 Å². The molecule has 0 amide bonds. The first-order chi connectivity index (χ1) is 7.97. The van der Waals surface area contributed by atoms with Gasteiger partial charge in [-0.05, 0) is 38.0 Å².